The third-order valence-electron chi connectivity index (χ3n) is 4.13. The number of amides is 2. The summed E-state index contributed by atoms with van der Waals surface area (Å²) in [5.41, 5.74) is 1.89. The maximum absolute atomic E-state index is 12.4. The van der Waals surface area contributed by atoms with Gasteiger partial charge in [-0.2, -0.15) is 0 Å². The summed E-state index contributed by atoms with van der Waals surface area (Å²) >= 11 is 1.18. The van der Waals surface area contributed by atoms with Crippen LogP contribution < -0.4 is 10.6 Å². The van der Waals surface area contributed by atoms with Crippen LogP contribution in [-0.4, -0.2) is 41.1 Å². The molecule has 8 nitrogen and oxygen atoms in total. The number of benzene rings is 1. The van der Waals surface area contributed by atoms with Gasteiger partial charge in [0.15, 0.2) is 5.82 Å². The van der Waals surface area contributed by atoms with Crippen LogP contribution in [0.15, 0.2) is 34.9 Å². The van der Waals surface area contributed by atoms with Crippen LogP contribution in [0.3, 0.4) is 0 Å². The van der Waals surface area contributed by atoms with Crippen molar-refractivity contribution in [2.75, 3.05) is 18.2 Å². The highest BCUT2D eigenvalue weighted by Crippen LogP contribution is 2.20. The maximum Gasteiger partial charge on any atom is 0.307 e. The van der Waals surface area contributed by atoms with Gasteiger partial charge in [0, 0.05) is 6.07 Å². The number of hydrogen-bond acceptors (Lipinski definition) is 7. The van der Waals surface area contributed by atoms with Crippen LogP contribution in [0.25, 0.3) is 0 Å². The molecule has 156 valence electrons. The van der Waals surface area contributed by atoms with E-state index in [2.05, 4.69) is 15.8 Å². The van der Waals surface area contributed by atoms with Gasteiger partial charge in [-0.3, -0.25) is 14.4 Å². The number of nitrogens with zero attached hydrogens (tertiary/aromatic N) is 1. The molecule has 0 bridgehead atoms. The van der Waals surface area contributed by atoms with E-state index < -0.39 is 17.3 Å². The Morgan fingerprint density at radius 3 is 2.48 bits per heavy atom. The van der Waals surface area contributed by atoms with Crippen molar-refractivity contribution in [3.8, 4) is 0 Å². The zero-order valence-electron chi connectivity index (χ0n) is 16.9. The fourth-order valence-electron chi connectivity index (χ4n) is 2.47. The van der Waals surface area contributed by atoms with Gasteiger partial charge < -0.3 is 19.9 Å². The SMILES string of the molecule is COC(=O)CC(NC(=O)CSC(C)C(=O)Nc1cc(C)on1)c1ccc(C)cc1. The van der Waals surface area contributed by atoms with Gasteiger partial charge in [0.1, 0.15) is 5.76 Å². The molecule has 1 heterocycles. The number of carbonyl (C=O) groups excluding carboxylic acids is 3. The quantitative estimate of drug-likeness (QED) is 0.601. The van der Waals surface area contributed by atoms with E-state index in [0.717, 1.165) is 11.1 Å². The molecule has 29 heavy (non-hydrogen) atoms. The Morgan fingerprint density at radius 2 is 1.90 bits per heavy atom. The molecule has 0 aliphatic rings. The highest BCUT2D eigenvalue weighted by atomic mass is 32.2. The van der Waals surface area contributed by atoms with E-state index in [1.54, 1.807) is 19.9 Å². The van der Waals surface area contributed by atoms with E-state index in [9.17, 15) is 14.4 Å². The lowest BCUT2D eigenvalue weighted by molar-refractivity contribution is -0.141. The Hall–Kier alpha value is -2.81. The number of anilines is 1. The summed E-state index contributed by atoms with van der Waals surface area (Å²) in [5, 5.41) is 8.71. The zero-order chi connectivity index (χ0) is 21.4. The number of ether oxygens (including phenoxy) is 1. The molecule has 9 heteroatoms. The van der Waals surface area contributed by atoms with Gasteiger partial charge in [0.2, 0.25) is 11.8 Å². The number of thioether (sulfide) groups is 1. The number of hydrogen-bond donors (Lipinski definition) is 2. The van der Waals surface area contributed by atoms with Crippen molar-refractivity contribution in [3.05, 3.63) is 47.2 Å². The highest BCUT2D eigenvalue weighted by Gasteiger charge is 2.21. The number of esters is 1. The maximum atomic E-state index is 12.4. The Morgan fingerprint density at radius 1 is 1.21 bits per heavy atom. The van der Waals surface area contributed by atoms with Crippen LogP contribution in [0.2, 0.25) is 0 Å². The van der Waals surface area contributed by atoms with Crippen molar-refractivity contribution in [1.82, 2.24) is 10.5 Å². The Balaban J connectivity index is 1.90. The molecule has 0 spiro atoms. The molecule has 0 radical (unpaired) electrons. The van der Waals surface area contributed by atoms with Crippen LogP contribution in [0.5, 0.6) is 0 Å². The van der Waals surface area contributed by atoms with E-state index in [0.29, 0.717) is 11.6 Å². The molecule has 0 fully saturated rings. The fraction of sp³-hybridized carbons (Fsp3) is 0.400. The molecule has 0 aliphatic heterocycles. The van der Waals surface area contributed by atoms with Gasteiger partial charge in [0.25, 0.3) is 0 Å². The number of aryl methyl sites for hydroxylation is 2. The first-order valence-electron chi connectivity index (χ1n) is 9.07. The molecular weight excluding hydrogens is 394 g/mol. The Labute approximate surface area is 173 Å². The molecule has 1 aromatic carbocycles. The molecule has 2 rings (SSSR count). The van der Waals surface area contributed by atoms with Crippen molar-refractivity contribution < 1.29 is 23.6 Å². The molecule has 2 atom stereocenters. The van der Waals surface area contributed by atoms with Crippen molar-refractivity contribution in [3.63, 3.8) is 0 Å². The van der Waals surface area contributed by atoms with Gasteiger partial charge >= 0.3 is 5.97 Å². The minimum atomic E-state index is -0.501. The average Bonchev–Trinajstić information content (AvgIpc) is 3.10. The molecular formula is C20H25N3O5S. The summed E-state index contributed by atoms with van der Waals surface area (Å²) in [4.78, 5) is 36.3. The van der Waals surface area contributed by atoms with E-state index in [4.69, 9.17) is 9.26 Å². The predicted molar refractivity (Wildman–Crippen MR) is 110 cm³/mol. The van der Waals surface area contributed by atoms with Crippen molar-refractivity contribution in [2.24, 2.45) is 0 Å². The van der Waals surface area contributed by atoms with Crippen LogP contribution in [0.1, 0.15) is 36.3 Å². The Kier molecular flexibility index (Phi) is 8.26. The molecule has 0 saturated heterocycles. The first-order chi connectivity index (χ1) is 13.8. The molecule has 2 unspecified atom stereocenters. The molecule has 2 aromatic rings. The topological polar surface area (TPSA) is 111 Å². The third kappa shape index (κ3) is 7.26. The van der Waals surface area contributed by atoms with Crippen molar-refractivity contribution in [2.45, 2.75) is 38.5 Å². The van der Waals surface area contributed by atoms with E-state index in [-0.39, 0.29) is 24.0 Å². The second-order valence-electron chi connectivity index (χ2n) is 6.58. The fourth-order valence-corrected chi connectivity index (χ4v) is 3.16. The van der Waals surface area contributed by atoms with Gasteiger partial charge in [0.05, 0.1) is 30.6 Å². The zero-order valence-corrected chi connectivity index (χ0v) is 17.7. The molecule has 2 N–H and O–H groups in total. The number of methoxy groups -OCH3 is 1. The van der Waals surface area contributed by atoms with Crippen LogP contribution in [0, 0.1) is 13.8 Å². The summed E-state index contributed by atoms with van der Waals surface area (Å²) in [7, 11) is 1.31. The second kappa shape index (κ2) is 10.7. The summed E-state index contributed by atoms with van der Waals surface area (Å²) in [6.45, 7) is 5.39. The van der Waals surface area contributed by atoms with Gasteiger partial charge in [-0.05, 0) is 26.3 Å². The summed E-state index contributed by atoms with van der Waals surface area (Å²) in [6.07, 6.45) is 0.0253. The lowest BCUT2D eigenvalue weighted by Crippen LogP contribution is -2.33. The van der Waals surface area contributed by atoms with Crippen LogP contribution in [0.4, 0.5) is 5.82 Å². The number of rotatable bonds is 9. The number of nitrogens with one attached hydrogen (secondary N) is 2. The monoisotopic (exact) mass is 419 g/mol. The van der Waals surface area contributed by atoms with Gasteiger partial charge in [-0.25, -0.2) is 0 Å². The minimum absolute atomic E-state index is 0.0253. The van der Waals surface area contributed by atoms with Crippen molar-refractivity contribution >= 4 is 35.4 Å². The summed E-state index contributed by atoms with van der Waals surface area (Å²) in [6, 6.07) is 8.68. The standard InChI is InChI=1S/C20H25N3O5S/c1-12-5-7-15(8-6-12)16(10-19(25)27-4)21-18(24)11-29-14(3)20(26)22-17-9-13(2)28-23-17/h5-9,14,16H,10-11H2,1-4H3,(H,21,24)(H,22,23,26). The average molecular weight is 420 g/mol. The van der Waals surface area contributed by atoms with Gasteiger partial charge in [-0.1, -0.05) is 35.0 Å². The van der Waals surface area contributed by atoms with E-state index in [1.165, 1.54) is 18.9 Å². The largest absolute Gasteiger partial charge is 0.469 e. The van der Waals surface area contributed by atoms with E-state index >= 15 is 0 Å². The van der Waals surface area contributed by atoms with Crippen molar-refractivity contribution in [1.29, 1.82) is 0 Å². The summed E-state index contributed by atoms with van der Waals surface area (Å²) < 4.78 is 9.64. The van der Waals surface area contributed by atoms with Crippen LogP contribution in [-0.2, 0) is 19.1 Å². The smallest absolute Gasteiger partial charge is 0.307 e. The third-order valence-corrected chi connectivity index (χ3v) is 5.27. The minimum Gasteiger partial charge on any atom is -0.469 e. The van der Waals surface area contributed by atoms with Gasteiger partial charge in [-0.15, -0.1) is 11.8 Å². The first kappa shape index (κ1) is 22.5. The molecule has 2 amide bonds. The molecule has 0 aliphatic carbocycles. The lowest BCUT2D eigenvalue weighted by Gasteiger charge is -2.19. The Bertz CT molecular complexity index is 850. The second-order valence-corrected chi connectivity index (χ2v) is 7.91. The normalized spacial score (nSPS) is 12.7. The number of aromatic nitrogens is 1. The predicted octanol–water partition coefficient (Wildman–Crippen LogP) is 2.77. The highest BCUT2D eigenvalue weighted by molar-refractivity contribution is 8.01. The van der Waals surface area contributed by atoms with E-state index in [1.807, 2.05) is 31.2 Å². The van der Waals surface area contributed by atoms with Crippen LogP contribution >= 0.6 is 11.8 Å². The molecule has 1 aromatic heterocycles. The number of carbonyl (C=O) groups is 3. The lowest BCUT2D eigenvalue weighted by atomic mass is 10.0. The first-order valence-corrected chi connectivity index (χ1v) is 10.1. The molecule has 0 saturated carbocycles. The summed E-state index contributed by atoms with van der Waals surface area (Å²) in [5.74, 6) is 0.0201.